The molecule has 0 saturated carbocycles. The predicted molar refractivity (Wildman–Crippen MR) is 67.4 cm³/mol. The number of benzene rings is 1. The van der Waals surface area contributed by atoms with E-state index in [2.05, 4.69) is 15.5 Å². The van der Waals surface area contributed by atoms with Crippen LogP contribution in [-0.4, -0.2) is 23.2 Å². The molecule has 0 radical (unpaired) electrons. The van der Waals surface area contributed by atoms with Gasteiger partial charge < -0.3 is 14.6 Å². The maximum atomic E-state index is 11.6. The monoisotopic (exact) mass is 261 g/mol. The van der Waals surface area contributed by atoms with Crippen molar-refractivity contribution in [2.45, 2.75) is 20.0 Å². The summed E-state index contributed by atoms with van der Waals surface area (Å²) in [6.45, 7) is 2.74. The first kappa shape index (κ1) is 13.2. The molecule has 0 atom stereocenters. The molecule has 1 aromatic heterocycles. The Balaban J connectivity index is 1.97. The maximum absolute atomic E-state index is 11.6. The molecule has 0 amide bonds. The van der Waals surface area contributed by atoms with Crippen molar-refractivity contribution in [2.24, 2.45) is 0 Å². The van der Waals surface area contributed by atoms with Gasteiger partial charge in [0.25, 0.3) is 0 Å². The molecule has 1 heterocycles. The molecule has 1 aromatic carbocycles. The maximum Gasteiger partial charge on any atom is 0.338 e. The van der Waals surface area contributed by atoms with Crippen molar-refractivity contribution >= 4 is 5.97 Å². The molecule has 1 N–H and O–H groups in total. The van der Waals surface area contributed by atoms with Gasteiger partial charge in [-0.25, -0.2) is 4.79 Å². The number of aromatic nitrogens is 2. The third-order valence-electron chi connectivity index (χ3n) is 2.59. The molecule has 0 bridgehead atoms. The number of hydrogen-bond acceptors (Lipinski definition) is 6. The fourth-order valence-corrected chi connectivity index (χ4v) is 1.71. The number of esters is 1. The Bertz CT molecular complexity index is 566. The van der Waals surface area contributed by atoms with Crippen LogP contribution in [0.1, 0.15) is 27.6 Å². The first-order chi connectivity index (χ1) is 9.20. The summed E-state index contributed by atoms with van der Waals surface area (Å²) in [5, 5.41) is 6.94. The van der Waals surface area contributed by atoms with Crippen molar-refractivity contribution in [3.8, 4) is 0 Å². The molecular formula is C13H15N3O3. The van der Waals surface area contributed by atoms with Gasteiger partial charge in [-0.1, -0.05) is 23.4 Å². The second-order valence-electron chi connectivity index (χ2n) is 3.98. The van der Waals surface area contributed by atoms with Gasteiger partial charge in [-0.3, -0.25) is 0 Å². The van der Waals surface area contributed by atoms with Gasteiger partial charge >= 0.3 is 5.97 Å². The van der Waals surface area contributed by atoms with Crippen LogP contribution in [0.2, 0.25) is 0 Å². The number of nitrogens with zero attached hydrogens (tertiary/aromatic N) is 2. The zero-order valence-corrected chi connectivity index (χ0v) is 10.8. The molecule has 0 aliphatic carbocycles. The summed E-state index contributed by atoms with van der Waals surface area (Å²) in [5.41, 5.74) is 1.43. The lowest BCUT2D eigenvalue weighted by Gasteiger charge is -2.07. The predicted octanol–water partition coefficient (Wildman–Crippen LogP) is 1.45. The lowest BCUT2D eigenvalue weighted by molar-refractivity contribution is 0.0599. The van der Waals surface area contributed by atoms with Crippen molar-refractivity contribution in [2.75, 3.05) is 7.11 Å². The van der Waals surface area contributed by atoms with Gasteiger partial charge in [0.05, 0.1) is 19.2 Å². The summed E-state index contributed by atoms with van der Waals surface area (Å²) < 4.78 is 9.61. The van der Waals surface area contributed by atoms with E-state index in [9.17, 15) is 4.79 Å². The van der Waals surface area contributed by atoms with E-state index >= 15 is 0 Å². The zero-order valence-electron chi connectivity index (χ0n) is 10.8. The smallest absolute Gasteiger partial charge is 0.338 e. The van der Waals surface area contributed by atoms with Crippen molar-refractivity contribution in [1.82, 2.24) is 15.5 Å². The molecule has 0 aliphatic heterocycles. The minimum absolute atomic E-state index is 0.340. The van der Waals surface area contributed by atoms with E-state index in [-0.39, 0.29) is 5.97 Å². The molecule has 0 unspecified atom stereocenters. The summed E-state index contributed by atoms with van der Waals surface area (Å²) in [6.07, 6.45) is 0. The second kappa shape index (κ2) is 6.10. The normalized spacial score (nSPS) is 10.4. The van der Waals surface area contributed by atoms with E-state index in [4.69, 9.17) is 9.26 Å². The lowest BCUT2D eigenvalue weighted by Crippen LogP contribution is -2.16. The van der Waals surface area contributed by atoms with Crippen LogP contribution in [0.15, 0.2) is 28.8 Å². The standard InChI is InChI=1S/C13H15N3O3/c1-9-15-12(16-19-9)8-14-7-10-5-3-4-6-11(10)13(17)18-2/h3-6,14H,7-8H2,1-2H3. The molecular weight excluding hydrogens is 246 g/mol. The number of ether oxygens (including phenoxy) is 1. The highest BCUT2D eigenvalue weighted by Gasteiger charge is 2.10. The van der Waals surface area contributed by atoms with Gasteiger partial charge in [0, 0.05) is 13.5 Å². The number of aryl methyl sites for hydroxylation is 1. The number of methoxy groups -OCH3 is 1. The average Bonchev–Trinajstić information content (AvgIpc) is 2.84. The van der Waals surface area contributed by atoms with Crippen LogP contribution in [0.25, 0.3) is 0 Å². The molecule has 19 heavy (non-hydrogen) atoms. The average molecular weight is 261 g/mol. The SMILES string of the molecule is COC(=O)c1ccccc1CNCc1noc(C)n1. The van der Waals surface area contributed by atoms with Gasteiger partial charge in [0.1, 0.15) is 0 Å². The van der Waals surface area contributed by atoms with Gasteiger partial charge in [0.15, 0.2) is 5.82 Å². The Labute approximate surface area is 110 Å². The van der Waals surface area contributed by atoms with Gasteiger partial charge in [-0.15, -0.1) is 0 Å². The largest absolute Gasteiger partial charge is 0.465 e. The molecule has 2 rings (SSSR count). The minimum atomic E-state index is -0.340. The lowest BCUT2D eigenvalue weighted by atomic mass is 10.1. The van der Waals surface area contributed by atoms with E-state index in [1.54, 1.807) is 19.1 Å². The van der Waals surface area contributed by atoms with Crippen LogP contribution in [0.4, 0.5) is 0 Å². The van der Waals surface area contributed by atoms with Crippen molar-refractivity contribution < 1.29 is 14.1 Å². The summed E-state index contributed by atoms with van der Waals surface area (Å²) in [5.74, 6) is 0.785. The Morgan fingerprint density at radius 2 is 2.16 bits per heavy atom. The van der Waals surface area contributed by atoms with Crippen molar-refractivity contribution in [1.29, 1.82) is 0 Å². The fourth-order valence-electron chi connectivity index (χ4n) is 1.71. The third-order valence-corrected chi connectivity index (χ3v) is 2.59. The van der Waals surface area contributed by atoms with E-state index in [1.807, 2.05) is 12.1 Å². The van der Waals surface area contributed by atoms with Crippen LogP contribution in [0.3, 0.4) is 0 Å². The highest BCUT2D eigenvalue weighted by atomic mass is 16.5. The van der Waals surface area contributed by atoms with Crippen LogP contribution < -0.4 is 5.32 Å². The highest BCUT2D eigenvalue weighted by Crippen LogP contribution is 2.10. The molecule has 0 saturated heterocycles. The number of nitrogens with one attached hydrogen (secondary N) is 1. The van der Waals surface area contributed by atoms with Crippen LogP contribution in [-0.2, 0) is 17.8 Å². The molecule has 2 aromatic rings. The molecule has 6 nitrogen and oxygen atoms in total. The van der Waals surface area contributed by atoms with Crippen molar-refractivity contribution in [3.05, 3.63) is 47.1 Å². The number of rotatable bonds is 5. The zero-order chi connectivity index (χ0) is 13.7. The number of hydrogen-bond donors (Lipinski definition) is 1. The topological polar surface area (TPSA) is 77.2 Å². The summed E-state index contributed by atoms with van der Waals surface area (Å²) in [6, 6.07) is 7.29. The van der Waals surface area contributed by atoms with Crippen LogP contribution in [0, 0.1) is 6.92 Å². The van der Waals surface area contributed by atoms with Gasteiger partial charge in [0.2, 0.25) is 5.89 Å². The third kappa shape index (κ3) is 3.38. The highest BCUT2D eigenvalue weighted by molar-refractivity contribution is 5.90. The fraction of sp³-hybridized carbons (Fsp3) is 0.308. The van der Waals surface area contributed by atoms with E-state index in [0.29, 0.717) is 30.4 Å². The Hall–Kier alpha value is -2.21. The Morgan fingerprint density at radius 1 is 1.37 bits per heavy atom. The number of carbonyl (C=O) groups excluding carboxylic acids is 1. The molecule has 0 fully saturated rings. The summed E-state index contributed by atoms with van der Waals surface area (Å²) >= 11 is 0. The summed E-state index contributed by atoms with van der Waals surface area (Å²) in [4.78, 5) is 15.7. The van der Waals surface area contributed by atoms with Gasteiger partial charge in [-0.2, -0.15) is 4.98 Å². The quantitative estimate of drug-likeness (QED) is 0.821. The van der Waals surface area contributed by atoms with E-state index < -0.39 is 0 Å². The molecule has 6 heteroatoms. The molecule has 100 valence electrons. The van der Waals surface area contributed by atoms with Crippen molar-refractivity contribution in [3.63, 3.8) is 0 Å². The first-order valence-corrected chi connectivity index (χ1v) is 5.87. The summed E-state index contributed by atoms with van der Waals surface area (Å²) in [7, 11) is 1.37. The Kier molecular flexibility index (Phi) is 4.25. The first-order valence-electron chi connectivity index (χ1n) is 5.87. The molecule has 0 spiro atoms. The number of carbonyl (C=O) groups is 1. The van der Waals surface area contributed by atoms with Crippen LogP contribution >= 0.6 is 0 Å². The van der Waals surface area contributed by atoms with E-state index in [0.717, 1.165) is 5.56 Å². The Morgan fingerprint density at radius 3 is 2.84 bits per heavy atom. The van der Waals surface area contributed by atoms with Crippen LogP contribution in [0.5, 0.6) is 0 Å². The molecule has 0 aliphatic rings. The van der Waals surface area contributed by atoms with Gasteiger partial charge in [-0.05, 0) is 11.6 Å². The minimum Gasteiger partial charge on any atom is -0.465 e. The second-order valence-corrected chi connectivity index (χ2v) is 3.98. The van der Waals surface area contributed by atoms with E-state index in [1.165, 1.54) is 7.11 Å².